The van der Waals surface area contributed by atoms with Crippen molar-refractivity contribution in [2.24, 2.45) is 5.16 Å². The molecule has 0 aromatic rings. The fraction of sp³-hybridized carbons (Fsp3) is 0.778. The predicted octanol–water partition coefficient (Wildman–Crippen LogP) is 0.0579. The van der Waals surface area contributed by atoms with E-state index in [0.29, 0.717) is 12.1 Å². The van der Waals surface area contributed by atoms with Gasteiger partial charge in [0.2, 0.25) is 0 Å². The maximum atomic E-state index is 11.2. The summed E-state index contributed by atoms with van der Waals surface area (Å²) < 4.78 is 4.60. The molecule has 0 bridgehead atoms. The van der Waals surface area contributed by atoms with Gasteiger partial charge in [-0.2, -0.15) is 0 Å². The summed E-state index contributed by atoms with van der Waals surface area (Å²) >= 11 is 0. The molecule has 14 heavy (non-hydrogen) atoms. The third-order valence-corrected chi connectivity index (χ3v) is 2.69. The van der Waals surface area contributed by atoms with Gasteiger partial charge in [-0.3, -0.25) is 0 Å². The highest BCUT2D eigenvalue weighted by Crippen LogP contribution is 2.30. The highest BCUT2D eigenvalue weighted by Gasteiger charge is 2.42. The number of hydrogen-bond acceptors (Lipinski definition) is 5. The van der Waals surface area contributed by atoms with E-state index in [1.165, 1.54) is 7.11 Å². The third-order valence-electron chi connectivity index (χ3n) is 2.69. The Balaban J connectivity index is 1.99. The number of ether oxygens (including phenoxy) is 1. The summed E-state index contributed by atoms with van der Waals surface area (Å²) in [4.78, 5) is 16.5. The molecule has 0 amide bonds. The lowest BCUT2D eigenvalue weighted by molar-refractivity contribution is -0.132. The van der Waals surface area contributed by atoms with E-state index in [1.54, 1.807) is 0 Å². The maximum absolute atomic E-state index is 11.2. The SMILES string of the molecule is COC(=O)C1=NOC2(CCCNC2)C1. The first-order chi connectivity index (χ1) is 6.76. The summed E-state index contributed by atoms with van der Waals surface area (Å²) in [5, 5.41) is 7.03. The molecule has 0 aromatic heterocycles. The quantitative estimate of drug-likeness (QED) is 0.605. The van der Waals surface area contributed by atoms with Gasteiger partial charge in [-0.1, -0.05) is 5.16 Å². The van der Waals surface area contributed by atoms with Crippen molar-refractivity contribution in [1.29, 1.82) is 0 Å². The maximum Gasteiger partial charge on any atom is 0.355 e. The van der Waals surface area contributed by atoms with E-state index in [1.807, 2.05) is 0 Å². The van der Waals surface area contributed by atoms with Gasteiger partial charge in [-0.15, -0.1) is 0 Å². The van der Waals surface area contributed by atoms with E-state index in [9.17, 15) is 4.79 Å². The zero-order chi connectivity index (χ0) is 10.0. The molecule has 2 heterocycles. The molecule has 2 aliphatic heterocycles. The Labute approximate surface area is 82.4 Å². The van der Waals surface area contributed by atoms with E-state index in [2.05, 4.69) is 15.2 Å². The molecule has 2 rings (SSSR count). The number of carbonyl (C=O) groups excluding carboxylic acids is 1. The van der Waals surface area contributed by atoms with Gasteiger partial charge >= 0.3 is 5.97 Å². The summed E-state index contributed by atoms with van der Waals surface area (Å²) in [5.74, 6) is -0.382. The van der Waals surface area contributed by atoms with Crippen LogP contribution in [0, 0.1) is 0 Å². The molecular formula is C9H14N2O3. The second-order valence-electron chi connectivity index (χ2n) is 3.76. The van der Waals surface area contributed by atoms with Crippen LogP contribution in [-0.2, 0) is 14.4 Å². The molecule has 1 saturated heterocycles. The summed E-state index contributed by atoms with van der Waals surface area (Å²) in [6.07, 6.45) is 2.57. The zero-order valence-electron chi connectivity index (χ0n) is 8.21. The lowest BCUT2D eigenvalue weighted by Gasteiger charge is -2.30. The van der Waals surface area contributed by atoms with Gasteiger partial charge in [-0.05, 0) is 19.4 Å². The summed E-state index contributed by atoms with van der Waals surface area (Å²) in [7, 11) is 1.36. The van der Waals surface area contributed by atoms with Gasteiger partial charge < -0.3 is 14.9 Å². The van der Waals surface area contributed by atoms with E-state index in [4.69, 9.17) is 4.84 Å². The van der Waals surface area contributed by atoms with Crippen LogP contribution in [0.5, 0.6) is 0 Å². The van der Waals surface area contributed by atoms with Crippen LogP contribution in [0.15, 0.2) is 5.16 Å². The molecule has 1 atom stereocenters. The minimum Gasteiger partial charge on any atom is -0.464 e. The monoisotopic (exact) mass is 198 g/mol. The fourth-order valence-electron chi connectivity index (χ4n) is 1.92. The average Bonchev–Trinajstić information content (AvgIpc) is 2.62. The van der Waals surface area contributed by atoms with Gasteiger partial charge in [0.05, 0.1) is 7.11 Å². The fourth-order valence-corrected chi connectivity index (χ4v) is 1.92. The van der Waals surface area contributed by atoms with Crippen LogP contribution in [0.1, 0.15) is 19.3 Å². The first-order valence-electron chi connectivity index (χ1n) is 4.80. The number of methoxy groups -OCH3 is 1. The number of esters is 1. The highest BCUT2D eigenvalue weighted by molar-refractivity contribution is 6.36. The van der Waals surface area contributed by atoms with Crippen molar-refractivity contribution in [2.75, 3.05) is 20.2 Å². The molecule has 0 aromatic carbocycles. The van der Waals surface area contributed by atoms with E-state index in [0.717, 1.165) is 25.9 Å². The Hall–Kier alpha value is -1.10. The Kier molecular flexibility index (Phi) is 2.41. The Bertz CT molecular complexity index is 269. The topological polar surface area (TPSA) is 59.9 Å². The van der Waals surface area contributed by atoms with Crippen molar-refractivity contribution >= 4 is 11.7 Å². The minimum absolute atomic E-state index is 0.290. The van der Waals surface area contributed by atoms with E-state index >= 15 is 0 Å². The van der Waals surface area contributed by atoms with Crippen LogP contribution in [0.3, 0.4) is 0 Å². The van der Waals surface area contributed by atoms with Crippen LogP contribution in [0.4, 0.5) is 0 Å². The van der Waals surface area contributed by atoms with Crippen LogP contribution in [0.2, 0.25) is 0 Å². The molecule has 1 spiro atoms. The standard InChI is InChI=1S/C9H14N2O3/c1-13-8(12)7-5-9(14-11-7)3-2-4-10-6-9/h10H,2-6H2,1H3. The lowest BCUT2D eigenvalue weighted by Crippen LogP contribution is -2.46. The highest BCUT2D eigenvalue weighted by atomic mass is 16.7. The molecule has 1 N–H and O–H groups in total. The van der Waals surface area contributed by atoms with Gasteiger partial charge in [0.15, 0.2) is 11.3 Å². The van der Waals surface area contributed by atoms with E-state index < -0.39 is 0 Å². The van der Waals surface area contributed by atoms with Crippen LogP contribution >= 0.6 is 0 Å². The van der Waals surface area contributed by atoms with Crippen molar-refractivity contribution in [3.05, 3.63) is 0 Å². The second kappa shape index (κ2) is 3.57. The summed E-state index contributed by atoms with van der Waals surface area (Å²) in [6.45, 7) is 1.77. The predicted molar refractivity (Wildman–Crippen MR) is 50.0 cm³/mol. The molecule has 0 aliphatic carbocycles. The zero-order valence-corrected chi connectivity index (χ0v) is 8.21. The number of hydrogen-bond donors (Lipinski definition) is 1. The van der Waals surface area contributed by atoms with Crippen molar-refractivity contribution in [2.45, 2.75) is 24.9 Å². The molecule has 1 fully saturated rings. The largest absolute Gasteiger partial charge is 0.464 e. The first-order valence-corrected chi connectivity index (χ1v) is 4.80. The van der Waals surface area contributed by atoms with Gasteiger partial charge in [0, 0.05) is 13.0 Å². The Morgan fingerprint density at radius 1 is 1.71 bits per heavy atom. The molecular weight excluding hydrogens is 184 g/mol. The molecule has 0 saturated carbocycles. The van der Waals surface area contributed by atoms with Crippen molar-refractivity contribution in [1.82, 2.24) is 5.32 Å². The Morgan fingerprint density at radius 2 is 2.57 bits per heavy atom. The minimum atomic E-state index is -0.382. The number of oxime groups is 1. The average molecular weight is 198 g/mol. The molecule has 1 unspecified atom stereocenters. The first kappa shape index (κ1) is 9.45. The van der Waals surface area contributed by atoms with Gasteiger partial charge in [-0.25, -0.2) is 4.79 Å². The number of nitrogens with zero attached hydrogens (tertiary/aromatic N) is 1. The molecule has 78 valence electrons. The van der Waals surface area contributed by atoms with Crippen LogP contribution in [0.25, 0.3) is 0 Å². The number of carbonyl (C=O) groups is 1. The molecule has 0 radical (unpaired) electrons. The van der Waals surface area contributed by atoms with Crippen molar-refractivity contribution in [3.63, 3.8) is 0 Å². The number of rotatable bonds is 1. The molecule has 2 aliphatic rings. The molecule has 5 heteroatoms. The number of nitrogens with one attached hydrogen (secondary N) is 1. The van der Waals surface area contributed by atoms with Crippen LogP contribution in [-0.4, -0.2) is 37.5 Å². The van der Waals surface area contributed by atoms with Crippen molar-refractivity contribution in [3.8, 4) is 0 Å². The summed E-state index contributed by atoms with van der Waals surface area (Å²) in [6, 6.07) is 0. The smallest absolute Gasteiger partial charge is 0.355 e. The molecule has 5 nitrogen and oxygen atoms in total. The van der Waals surface area contributed by atoms with Gasteiger partial charge in [0.1, 0.15) is 0 Å². The second-order valence-corrected chi connectivity index (χ2v) is 3.76. The van der Waals surface area contributed by atoms with Gasteiger partial charge in [0.25, 0.3) is 0 Å². The number of piperidine rings is 1. The van der Waals surface area contributed by atoms with E-state index in [-0.39, 0.29) is 11.6 Å². The summed E-state index contributed by atoms with van der Waals surface area (Å²) in [5.41, 5.74) is 0.109. The van der Waals surface area contributed by atoms with Crippen molar-refractivity contribution < 1.29 is 14.4 Å². The lowest BCUT2D eigenvalue weighted by atomic mass is 9.89. The van der Waals surface area contributed by atoms with Crippen LogP contribution < -0.4 is 5.32 Å². The normalized spacial score (nSPS) is 31.1. The third kappa shape index (κ3) is 1.59. The Morgan fingerprint density at radius 3 is 3.21 bits per heavy atom.